The Morgan fingerprint density at radius 2 is 1.52 bits per heavy atom. The van der Waals surface area contributed by atoms with E-state index in [-0.39, 0.29) is 6.42 Å². The zero-order valence-electron chi connectivity index (χ0n) is 15.1. The van der Waals surface area contributed by atoms with Gasteiger partial charge >= 0.3 is 5.97 Å². The maximum atomic E-state index is 10.3. The summed E-state index contributed by atoms with van der Waals surface area (Å²) in [5.74, 6) is -0.760. The molecule has 0 atom stereocenters. The van der Waals surface area contributed by atoms with Crippen LogP contribution in [0.15, 0.2) is 73.0 Å². The summed E-state index contributed by atoms with van der Waals surface area (Å²) in [5, 5.41) is 19.2. The topological polar surface area (TPSA) is 60.8 Å². The van der Waals surface area contributed by atoms with E-state index < -0.39 is 5.97 Å². The van der Waals surface area contributed by atoms with Gasteiger partial charge < -0.3 is 5.11 Å². The monoisotopic (exact) mass is 345 g/mol. The van der Waals surface area contributed by atoms with E-state index in [4.69, 9.17) is 5.11 Å². The molecule has 138 valence electrons. The molecule has 0 bridgehead atoms. The van der Waals surface area contributed by atoms with E-state index in [0.29, 0.717) is 13.0 Å². The molecule has 0 rings (SSSR count). The molecule has 0 radical (unpaired) electrons. The highest BCUT2D eigenvalue weighted by Gasteiger charge is 1.90. The molecule has 2 N–H and O–H groups in total. The fraction of sp³-hybridized carbons (Fsp3) is 0.381. The van der Waals surface area contributed by atoms with E-state index in [0.717, 1.165) is 30.7 Å². The van der Waals surface area contributed by atoms with Crippen molar-refractivity contribution >= 4 is 5.97 Å². The molecule has 0 aromatic heterocycles. The van der Waals surface area contributed by atoms with E-state index in [9.17, 15) is 10.0 Å². The van der Waals surface area contributed by atoms with Crippen molar-refractivity contribution in [3.05, 3.63) is 73.0 Å². The van der Waals surface area contributed by atoms with Crippen LogP contribution in [0, 0.1) is 0 Å². The Morgan fingerprint density at radius 3 is 2.28 bits per heavy atom. The Morgan fingerprint density at radius 1 is 0.840 bits per heavy atom. The fourth-order valence-corrected chi connectivity index (χ4v) is 1.77. The predicted molar refractivity (Wildman–Crippen MR) is 104 cm³/mol. The molecule has 0 spiro atoms. The number of carbonyl (C=O) groups is 1. The van der Waals surface area contributed by atoms with Crippen LogP contribution in [0.1, 0.15) is 45.4 Å². The molecule has 4 heteroatoms. The Bertz CT molecular complexity index is 499. The Kier molecular flexibility index (Phi) is 16.3. The van der Waals surface area contributed by atoms with E-state index in [1.165, 1.54) is 0 Å². The van der Waals surface area contributed by atoms with Crippen LogP contribution in [0.3, 0.4) is 0 Å². The largest absolute Gasteiger partial charge is 0.481 e. The average molecular weight is 345 g/mol. The maximum absolute atomic E-state index is 10.3. The Balaban J connectivity index is 3.72. The number of carboxylic acid groups (broad SMARTS) is 1. The molecule has 0 amide bonds. The van der Waals surface area contributed by atoms with Crippen LogP contribution in [0.2, 0.25) is 0 Å². The second kappa shape index (κ2) is 18.0. The summed E-state index contributed by atoms with van der Waals surface area (Å²) in [6.45, 7) is 2.57. The number of hydrogen-bond donors (Lipinski definition) is 2. The second-order valence-electron chi connectivity index (χ2n) is 5.34. The third-order valence-corrected chi connectivity index (χ3v) is 3.05. The van der Waals surface area contributed by atoms with Crippen LogP contribution in [-0.4, -0.2) is 27.9 Å². The first-order valence-electron chi connectivity index (χ1n) is 8.79. The highest BCUT2D eigenvalue weighted by molar-refractivity contribution is 5.66. The van der Waals surface area contributed by atoms with Crippen LogP contribution in [0.4, 0.5) is 0 Å². The van der Waals surface area contributed by atoms with Gasteiger partial charge in [0.05, 0.1) is 6.54 Å². The van der Waals surface area contributed by atoms with Gasteiger partial charge in [0.2, 0.25) is 0 Å². The van der Waals surface area contributed by atoms with Gasteiger partial charge in [0.25, 0.3) is 0 Å². The fourth-order valence-electron chi connectivity index (χ4n) is 1.77. The lowest BCUT2D eigenvalue weighted by Crippen LogP contribution is -2.10. The molecule has 0 aliphatic heterocycles. The lowest BCUT2D eigenvalue weighted by molar-refractivity contribution is -0.136. The molecular formula is C21H31NO3. The quantitative estimate of drug-likeness (QED) is 0.191. The zero-order chi connectivity index (χ0) is 18.6. The van der Waals surface area contributed by atoms with Gasteiger partial charge in [-0.1, -0.05) is 67.7 Å². The van der Waals surface area contributed by atoms with Crippen molar-refractivity contribution in [2.75, 3.05) is 6.54 Å². The number of hydrogen-bond acceptors (Lipinski definition) is 3. The molecule has 0 aliphatic rings. The minimum absolute atomic E-state index is 0.189. The summed E-state index contributed by atoms with van der Waals surface area (Å²) in [7, 11) is 0. The summed E-state index contributed by atoms with van der Waals surface area (Å²) >= 11 is 0. The number of nitrogens with zero attached hydrogens (tertiary/aromatic N) is 1. The Labute approximate surface area is 151 Å². The van der Waals surface area contributed by atoms with Crippen LogP contribution < -0.4 is 0 Å². The van der Waals surface area contributed by atoms with Crippen molar-refractivity contribution in [3.63, 3.8) is 0 Å². The summed E-state index contributed by atoms with van der Waals surface area (Å²) in [6.07, 6.45) is 27.8. The summed E-state index contributed by atoms with van der Waals surface area (Å²) < 4.78 is 0. The van der Waals surface area contributed by atoms with Crippen molar-refractivity contribution in [1.29, 1.82) is 0 Å². The van der Waals surface area contributed by atoms with Crippen LogP contribution in [0.5, 0.6) is 0 Å². The van der Waals surface area contributed by atoms with Gasteiger partial charge in [0.15, 0.2) is 0 Å². The van der Waals surface area contributed by atoms with Gasteiger partial charge in [-0.25, -0.2) is 0 Å². The standard InChI is InChI=1S/C21H31NO3/c1-2-3-4-5-13-16-19-22(25)20-17-14-11-9-7-6-8-10-12-15-18-21(23)24/h3-4,7,9-14,16-17,20,25H,2,5-6,8,15,18-19H2,1H3,(H,23,24)/b4-3-,9-7+,12-10-,14-11+,16-13-,20-17-. The number of carboxylic acids is 1. The minimum Gasteiger partial charge on any atom is -0.481 e. The van der Waals surface area contributed by atoms with Crippen molar-refractivity contribution in [2.24, 2.45) is 0 Å². The van der Waals surface area contributed by atoms with Crippen LogP contribution in [-0.2, 0) is 4.79 Å². The number of aliphatic carboxylic acids is 1. The molecule has 0 saturated carbocycles. The van der Waals surface area contributed by atoms with E-state index >= 15 is 0 Å². The van der Waals surface area contributed by atoms with Crippen molar-refractivity contribution in [3.8, 4) is 0 Å². The first kappa shape index (κ1) is 22.7. The van der Waals surface area contributed by atoms with Gasteiger partial charge in [-0.05, 0) is 38.2 Å². The van der Waals surface area contributed by atoms with Crippen molar-refractivity contribution < 1.29 is 15.1 Å². The van der Waals surface area contributed by atoms with Crippen molar-refractivity contribution in [2.45, 2.75) is 45.4 Å². The van der Waals surface area contributed by atoms with Crippen molar-refractivity contribution in [1.82, 2.24) is 5.06 Å². The smallest absolute Gasteiger partial charge is 0.303 e. The lowest BCUT2D eigenvalue weighted by Gasteiger charge is -2.06. The van der Waals surface area contributed by atoms with Crippen LogP contribution >= 0.6 is 0 Å². The highest BCUT2D eigenvalue weighted by atomic mass is 16.5. The summed E-state index contributed by atoms with van der Waals surface area (Å²) in [4.78, 5) is 10.3. The molecule has 0 aliphatic carbocycles. The molecule has 0 aromatic rings. The second-order valence-corrected chi connectivity index (χ2v) is 5.34. The summed E-state index contributed by atoms with van der Waals surface area (Å²) in [6, 6.07) is 0. The van der Waals surface area contributed by atoms with Gasteiger partial charge in [-0.15, -0.1) is 0 Å². The zero-order valence-corrected chi connectivity index (χ0v) is 15.1. The number of hydroxylamine groups is 2. The maximum Gasteiger partial charge on any atom is 0.303 e. The third kappa shape index (κ3) is 19.6. The van der Waals surface area contributed by atoms with E-state index in [1.54, 1.807) is 12.3 Å². The highest BCUT2D eigenvalue weighted by Crippen LogP contribution is 1.97. The molecule has 0 fully saturated rings. The van der Waals surface area contributed by atoms with Gasteiger partial charge in [0.1, 0.15) is 0 Å². The van der Waals surface area contributed by atoms with Gasteiger partial charge in [-0.3, -0.25) is 15.1 Å². The molecule has 25 heavy (non-hydrogen) atoms. The number of unbranched alkanes of at least 4 members (excludes halogenated alkanes) is 1. The molecule has 0 unspecified atom stereocenters. The molecule has 0 aromatic carbocycles. The molecular weight excluding hydrogens is 314 g/mol. The first-order valence-corrected chi connectivity index (χ1v) is 8.79. The van der Waals surface area contributed by atoms with E-state index in [2.05, 4.69) is 25.2 Å². The van der Waals surface area contributed by atoms with Crippen LogP contribution in [0.25, 0.3) is 0 Å². The van der Waals surface area contributed by atoms with Gasteiger partial charge in [-0.2, -0.15) is 0 Å². The SMILES string of the molecule is CC/C=C\C/C=C\CN(O)\C=C/C=C/C=C/CC/C=C\CCC(=O)O. The average Bonchev–Trinajstić information content (AvgIpc) is 2.58. The predicted octanol–water partition coefficient (Wildman–Crippen LogP) is 5.42. The number of allylic oxidation sites excluding steroid dienone is 10. The van der Waals surface area contributed by atoms with E-state index in [1.807, 2.05) is 42.5 Å². The lowest BCUT2D eigenvalue weighted by atomic mass is 10.2. The minimum atomic E-state index is -0.760. The number of rotatable bonds is 14. The molecule has 4 nitrogen and oxygen atoms in total. The molecule has 0 saturated heterocycles. The normalized spacial score (nSPS) is 12.9. The summed E-state index contributed by atoms with van der Waals surface area (Å²) in [5.41, 5.74) is 0. The first-order chi connectivity index (χ1) is 12.2. The Hall–Kier alpha value is -2.33. The van der Waals surface area contributed by atoms with Gasteiger partial charge in [0, 0.05) is 12.6 Å². The third-order valence-electron chi connectivity index (χ3n) is 3.05. The molecule has 0 heterocycles.